The summed E-state index contributed by atoms with van der Waals surface area (Å²) in [6, 6.07) is 1.54. The number of amides is 2. The second kappa shape index (κ2) is 8.34. The molecule has 2 N–H and O–H groups in total. The summed E-state index contributed by atoms with van der Waals surface area (Å²) >= 11 is 0. The van der Waals surface area contributed by atoms with Crippen molar-refractivity contribution in [3.8, 4) is 0 Å². The fourth-order valence-electron chi connectivity index (χ4n) is 1.36. The summed E-state index contributed by atoms with van der Waals surface area (Å²) in [7, 11) is 1.69. The molecular formula is C11H14N3O3Th-. The summed E-state index contributed by atoms with van der Waals surface area (Å²) in [5.74, 6) is -0.261. The molecule has 1 aromatic heterocycles. The van der Waals surface area contributed by atoms with Crippen molar-refractivity contribution in [3.05, 3.63) is 18.0 Å². The van der Waals surface area contributed by atoms with Crippen LogP contribution in [0.1, 0.15) is 23.8 Å². The van der Waals surface area contributed by atoms with Crippen molar-refractivity contribution in [1.29, 1.82) is 0 Å². The van der Waals surface area contributed by atoms with Gasteiger partial charge < -0.3 is 20.0 Å². The Labute approximate surface area is 137 Å². The number of Topliss-reactive ketones (excluding diaryl/α,β-unsaturated/α-hetero) is 1. The molecule has 0 fully saturated rings. The number of hydrogen-bond acceptors (Lipinski definition) is 3. The summed E-state index contributed by atoms with van der Waals surface area (Å²) in [4.78, 5) is 32.5. The van der Waals surface area contributed by atoms with E-state index in [1.807, 2.05) is 0 Å². The first-order valence-corrected chi connectivity index (χ1v) is 5.11. The molecule has 0 aliphatic carbocycles. The average molecular weight is 468 g/mol. The van der Waals surface area contributed by atoms with E-state index in [0.717, 1.165) is 0 Å². The molecule has 0 unspecified atom stereocenters. The van der Waals surface area contributed by atoms with Crippen LogP contribution in [-0.4, -0.2) is 29.2 Å². The molecule has 0 aliphatic rings. The summed E-state index contributed by atoms with van der Waals surface area (Å²) in [6.07, 6.45) is 3.44. The topological polar surface area (TPSA) is 80.2 Å². The van der Waals surface area contributed by atoms with Gasteiger partial charge in [-0.1, -0.05) is 18.0 Å². The minimum Gasteiger partial charge on any atom is -0.489 e. The van der Waals surface area contributed by atoms with Crippen molar-refractivity contribution in [2.24, 2.45) is 7.05 Å². The largest absolute Gasteiger partial charge is 0.489 e. The van der Waals surface area contributed by atoms with E-state index in [0.29, 0.717) is 24.3 Å². The zero-order valence-electron chi connectivity index (χ0n) is 10.2. The van der Waals surface area contributed by atoms with E-state index in [1.165, 1.54) is 19.4 Å². The number of anilines is 1. The van der Waals surface area contributed by atoms with Gasteiger partial charge in [0, 0.05) is 60.0 Å². The van der Waals surface area contributed by atoms with Crippen LogP contribution in [-0.2, 0) is 16.6 Å². The first-order valence-electron chi connectivity index (χ1n) is 5.11. The van der Waals surface area contributed by atoms with E-state index < -0.39 is 0 Å². The molecular weight excluding hydrogens is 454 g/mol. The van der Waals surface area contributed by atoms with E-state index in [1.54, 1.807) is 17.8 Å². The summed E-state index contributed by atoms with van der Waals surface area (Å²) < 4.78 is 1.59. The van der Waals surface area contributed by atoms with Crippen LogP contribution in [0.5, 0.6) is 0 Å². The van der Waals surface area contributed by atoms with Gasteiger partial charge in [0.25, 0.3) is 5.91 Å². The number of nitrogens with zero attached hydrogens (tertiary/aromatic N) is 1. The second-order valence-electron chi connectivity index (χ2n) is 3.66. The molecule has 96 valence electrons. The zero-order valence-corrected chi connectivity index (χ0v) is 14.4. The third-order valence-electron chi connectivity index (χ3n) is 2.20. The Kier molecular flexibility index (Phi) is 7.98. The van der Waals surface area contributed by atoms with Crippen molar-refractivity contribution >= 4 is 23.8 Å². The number of aryl methyl sites for hydroxylation is 1. The smallest absolute Gasteiger partial charge is 0.266 e. The molecule has 0 aromatic carbocycles. The predicted octanol–water partition coefficient (Wildman–Crippen LogP) is 0.213. The SMILES string of the molecule is CC(=O)CCNC(=O)c1cc(N[C-]=O)cn1C.[Th]. The molecule has 0 spiro atoms. The van der Waals surface area contributed by atoms with E-state index in [-0.39, 0.29) is 51.6 Å². The van der Waals surface area contributed by atoms with Crippen LogP contribution in [0.15, 0.2) is 12.3 Å². The van der Waals surface area contributed by atoms with Gasteiger partial charge >= 0.3 is 0 Å². The van der Waals surface area contributed by atoms with Gasteiger partial charge in [0.05, 0.1) is 12.1 Å². The number of rotatable bonds is 6. The maximum atomic E-state index is 11.7. The van der Waals surface area contributed by atoms with Crippen molar-refractivity contribution in [2.45, 2.75) is 13.3 Å². The summed E-state index contributed by atoms with van der Waals surface area (Å²) in [5.41, 5.74) is 0.908. The molecule has 18 heavy (non-hydrogen) atoms. The molecule has 7 heteroatoms. The van der Waals surface area contributed by atoms with E-state index >= 15 is 0 Å². The molecule has 0 saturated heterocycles. The van der Waals surface area contributed by atoms with Crippen molar-refractivity contribution in [1.82, 2.24) is 9.88 Å². The Bertz CT molecular complexity index is 443. The minimum absolute atomic E-state index is 0. The zero-order chi connectivity index (χ0) is 12.8. The number of ketones is 1. The third kappa shape index (κ3) is 5.24. The Hall–Kier alpha value is -0.785. The second-order valence-corrected chi connectivity index (χ2v) is 3.66. The molecule has 6 nitrogen and oxygen atoms in total. The van der Waals surface area contributed by atoms with Gasteiger partial charge in [-0.2, -0.15) is 0 Å². The molecule has 2 amide bonds. The molecule has 0 atom stereocenters. The molecule has 1 heterocycles. The quantitative estimate of drug-likeness (QED) is 0.463. The first-order chi connectivity index (χ1) is 8.04. The monoisotopic (exact) mass is 468 g/mol. The van der Waals surface area contributed by atoms with Gasteiger partial charge in [0.15, 0.2) is 0 Å². The maximum absolute atomic E-state index is 11.7. The van der Waals surface area contributed by atoms with Crippen molar-refractivity contribution in [3.63, 3.8) is 0 Å². The van der Waals surface area contributed by atoms with Gasteiger partial charge in [-0.3, -0.25) is 9.59 Å². The van der Waals surface area contributed by atoms with Crippen molar-refractivity contribution in [2.75, 3.05) is 11.9 Å². The van der Waals surface area contributed by atoms with Crippen LogP contribution in [0.4, 0.5) is 5.69 Å². The molecule has 0 bridgehead atoms. The molecule has 1 aromatic rings. The van der Waals surface area contributed by atoms with Crippen molar-refractivity contribution < 1.29 is 54.3 Å². The Morgan fingerprint density at radius 1 is 1.44 bits per heavy atom. The van der Waals surface area contributed by atoms with E-state index in [9.17, 15) is 14.4 Å². The van der Waals surface area contributed by atoms with Gasteiger partial charge in [-0.25, -0.2) is 0 Å². The molecule has 0 saturated carbocycles. The van der Waals surface area contributed by atoms with Gasteiger partial charge in [-0.05, 0) is 6.92 Å². The van der Waals surface area contributed by atoms with E-state index in [2.05, 4.69) is 10.6 Å². The number of carbonyl (C=O) groups excluding carboxylic acids is 3. The van der Waals surface area contributed by atoms with Gasteiger partial charge in [-0.15, -0.1) is 0 Å². The normalized spacial score (nSPS) is 9.22. The Morgan fingerprint density at radius 2 is 2.11 bits per heavy atom. The fraction of sp³-hybridized carbons (Fsp3) is 0.364. The Balaban J connectivity index is 0.00000289. The van der Waals surface area contributed by atoms with Crippen LogP contribution in [0.25, 0.3) is 0 Å². The van der Waals surface area contributed by atoms with Crippen LogP contribution >= 0.6 is 0 Å². The maximum Gasteiger partial charge on any atom is 0.266 e. The fourth-order valence-corrected chi connectivity index (χ4v) is 1.36. The molecule has 1 rings (SSSR count). The molecule has 0 aliphatic heterocycles. The number of nitrogens with one attached hydrogen (secondary N) is 2. The third-order valence-corrected chi connectivity index (χ3v) is 2.20. The Morgan fingerprint density at radius 3 is 2.67 bits per heavy atom. The standard InChI is InChI=1S/C11H14N3O3.Th/c1-8(16)3-4-12-11(17)10-5-9(13-7-15)6-14(10)2;/h5-6H,3-4H2,1-2H3,(H,12,17)(H,13,15);/q-1;. The van der Waals surface area contributed by atoms with Crippen LogP contribution in [0.2, 0.25) is 0 Å². The van der Waals surface area contributed by atoms with Crippen LogP contribution < -0.4 is 10.6 Å². The van der Waals surface area contributed by atoms with Crippen LogP contribution in [0.3, 0.4) is 0 Å². The summed E-state index contributed by atoms with van der Waals surface area (Å²) in [5, 5.41) is 4.96. The number of aromatic nitrogens is 1. The van der Waals surface area contributed by atoms with Gasteiger partial charge in [0.2, 0.25) is 0 Å². The van der Waals surface area contributed by atoms with E-state index in [4.69, 9.17) is 0 Å². The van der Waals surface area contributed by atoms with Crippen LogP contribution in [0, 0.1) is 39.9 Å². The molecule has 0 radical (unpaired) electrons. The first kappa shape index (κ1) is 17.2. The number of hydrogen-bond donors (Lipinski definition) is 2. The summed E-state index contributed by atoms with van der Waals surface area (Å²) in [6.45, 7) is 1.78. The number of carbonyl (C=O) groups is 2. The predicted molar refractivity (Wildman–Crippen MR) is 62.4 cm³/mol. The minimum atomic E-state index is -0.285. The average Bonchev–Trinajstić information content (AvgIpc) is 2.59. The van der Waals surface area contributed by atoms with Gasteiger partial charge in [0.1, 0.15) is 5.78 Å².